The first-order valence-corrected chi connectivity index (χ1v) is 7.33. The number of hydrogen-bond donors (Lipinski definition) is 2. The zero-order valence-corrected chi connectivity index (χ0v) is 12.5. The molecule has 1 saturated carbocycles. The highest BCUT2D eigenvalue weighted by Crippen LogP contribution is 2.30. The van der Waals surface area contributed by atoms with Gasteiger partial charge in [-0.25, -0.2) is 9.37 Å². The Morgan fingerprint density at radius 2 is 2.19 bits per heavy atom. The summed E-state index contributed by atoms with van der Waals surface area (Å²) in [6.07, 6.45) is 4.71. The third-order valence-electron chi connectivity index (χ3n) is 3.88. The summed E-state index contributed by atoms with van der Waals surface area (Å²) in [7, 11) is 1.59. The van der Waals surface area contributed by atoms with Gasteiger partial charge in [-0.2, -0.15) is 0 Å². The molecule has 1 aromatic rings. The lowest BCUT2D eigenvalue weighted by Gasteiger charge is -2.28. The first kappa shape index (κ1) is 15.7. The summed E-state index contributed by atoms with van der Waals surface area (Å²) in [4.78, 5) is 17.6. The van der Waals surface area contributed by atoms with Crippen molar-refractivity contribution in [1.82, 2.24) is 9.88 Å². The van der Waals surface area contributed by atoms with Gasteiger partial charge in [-0.1, -0.05) is 12.8 Å². The van der Waals surface area contributed by atoms with E-state index < -0.39 is 17.3 Å². The fraction of sp³-hybridized carbons (Fsp3) is 0.600. The normalized spacial score (nSPS) is 16.8. The summed E-state index contributed by atoms with van der Waals surface area (Å²) >= 11 is 0. The van der Waals surface area contributed by atoms with E-state index in [1.54, 1.807) is 7.05 Å². The molecule has 1 heterocycles. The lowest BCUT2D eigenvalue weighted by atomic mass is 10.0. The molecule has 2 N–H and O–H groups in total. The highest BCUT2D eigenvalue weighted by Gasteiger charge is 2.34. The quantitative estimate of drug-likeness (QED) is 0.872. The van der Waals surface area contributed by atoms with Crippen LogP contribution in [0.15, 0.2) is 12.3 Å². The van der Waals surface area contributed by atoms with Crippen molar-refractivity contribution in [2.45, 2.75) is 38.2 Å². The van der Waals surface area contributed by atoms with Crippen LogP contribution in [0, 0.1) is 5.82 Å². The molecule has 1 aliphatic rings. The molecule has 0 bridgehead atoms. The second kappa shape index (κ2) is 6.39. The first-order valence-electron chi connectivity index (χ1n) is 7.33. The maximum Gasteiger partial charge on any atom is 0.256 e. The number of halogens is 1. The molecule has 21 heavy (non-hydrogen) atoms. The molecule has 0 atom stereocenters. The minimum atomic E-state index is -0.835. The van der Waals surface area contributed by atoms with Crippen molar-refractivity contribution in [2.24, 2.45) is 0 Å². The monoisotopic (exact) mass is 295 g/mol. The van der Waals surface area contributed by atoms with E-state index in [2.05, 4.69) is 10.3 Å². The van der Waals surface area contributed by atoms with Crippen LogP contribution in [-0.2, 0) is 0 Å². The maximum absolute atomic E-state index is 14.2. The van der Waals surface area contributed by atoms with Gasteiger partial charge in [-0.3, -0.25) is 4.79 Å². The van der Waals surface area contributed by atoms with E-state index in [9.17, 15) is 14.3 Å². The largest absolute Gasteiger partial charge is 0.388 e. The maximum atomic E-state index is 14.2. The average Bonchev–Trinajstić information content (AvgIpc) is 2.87. The van der Waals surface area contributed by atoms with Crippen molar-refractivity contribution in [2.75, 3.05) is 25.5 Å². The van der Waals surface area contributed by atoms with Crippen molar-refractivity contribution in [3.8, 4) is 0 Å². The molecule has 0 saturated heterocycles. The Bertz CT molecular complexity index is 516. The highest BCUT2D eigenvalue weighted by atomic mass is 19.1. The summed E-state index contributed by atoms with van der Waals surface area (Å²) in [6, 6.07) is 1.37. The van der Waals surface area contributed by atoms with E-state index in [4.69, 9.17) is 0 Å². The number of likely N-dealkylation sites (N-methyl/N-ethyl adjacent to an activating group) is 1. The smallest absolute Gasteiger partial charge is 0.256 e. The highest BCUT2D eigenvalue weighted by molar-refractivity contribution is 5.95. The molecule has 5 nitrogen and oxygen atoms in total. The number of nitrogens with zero attached hydrogens (tertiary/aromatic N) is 2. The minimum absolute atomic E-state index is 0.0231. The number of anilines is 1. The van der Waals surface area contributed by atoms with Gasteiger partial charge in [0.25, 0.3) is 5.91 Å². The van der Waals surface area contributed by atoms with Crippen molar-refractivity contribution in [1.29, 1.82) is 0 Å². The van der Waals surface area contributed by atoms with Gasteiger partial charge in [0, 0.05) is 26.3 Å². The van der Waals surface area contributed by atoms with Gasteiger partial charge in [0.15, 0.2) is 11.6 Å². The average molecular weight is 295 g/mol. The van der Waals surface area contributed by atoms with Crippen molar-refractivity contribution in [3.63, 3.8) is 0 Å². The molecule has 1 fully saturated rings. The van der Waals surface area contributed by atoms with Crippen molar-refractivity contribution in [3.05, 3.63) is 23.6 Å². The Labute approximate surface area is 124 Å². The molecule has 1 aliphatic carbocycles. The molecule has 2 rings (SSSR count). The van der Waals surface area contributed by atoms with Gasteiger partial charge in [-0.05, 0) is 25.8 Å². The Morgan fingerprint density at radius 1 is 1.52 bits per heavy atom. The molecular formula is C15H22FN3O2. The van der Waals surface area contributed by atoms with Gasteiger partial charge >= 0.3 is 0 Å². The van der Waals surface area contributed by atoms with E-state index in [-0.39, 0.29) is 17.9 Å². The Balaban J connectivity index is 2.13. The van der Waals surface area contributed by atoms with E-state index >= 15 is 0 Å². The number of aliphatic hydroxyl groups is 1. The summed E-state index contributed by atoms with van der Waals surface area (Å²) in [5, 5.41) is 13.1. The van der Waals surface area contributed by atoms with Gasteiger partial charge in [0.1, 0.15) is 0 Å². The number of aromatic nitrogens is 1. The second-order valence-corrected chi connectivity index (χ2v) is 5.64. The predicted molar refractivity (Wildman–Crippen MR) is 78.7 cm³/mol. The number of pyridine rings is 1. The van der Waals surface area contributed by atoms with E-state index in [1.165, 1.54) is 17.2 Å². The van der Waals surface area contributed by atoms with Crippen LogP contribution in [0.4, 0.5) is 10.2 Å². The lowest BCUT2D eigenvalue weighted by molar-refractivity contribution is 0.0155. The van der Waals surface area contributed by atoms with Gasteiger partial charge in [0.05, 0.1) is 11.2 Å². The molecule has 0 aliphatic heterocycles. The van der Waals surface area contributed by atoms with Crippen molar-refractivity contribution < 1.29 is 14.3 Å². The van der Waals surface area contributed by atoms with Crippen LogP contribution in [0.1, 0.15) is 43.0 Å². The summed E-state index contributed by atoms with van der Waals surface area (Å²) in [5.41, 5.74) is -0.858. The van der Waals surface area contributed by atoms with E-state index in [0.29, 0.717) is 19.4 Å². The Kier molecular flexibility index (Phi) is 4.77. The van der Waals surface area contributed by atoms with E-state index in [1.807, 2.05) is 6.92 Å². The zero-order chi connectivity index (χ0) is 15.5. The standard InChI is InChI=1S/C15H22FN3O2/c1-3-17-13-12(16)11(6-9-18-13)14(20)19(2)10-15(21)7-4-5-8-15/h6,9,21H,3-5,7-8,10H2,1-2H3,(H,17,18). The third kappa shape index (κ3) is 3.50. The zero-order valence-electron chi connectivity index (χ0n) is 12.5. The molecule has 0 spiro atoms. The molecule has 1 amide bonds. The molecule has 1 aromatic heterocycles. The fourth-order valence-electron chi connectivity index (χ4n) is 2.81. The van der Waals surface area contributed by atoms with E-state index in [0.717, 1.165) is 12.8 Å². The molecule has 116 valence electrons. The van der Waals surface area contributed by atoms with Gasteiger partial charge in [-0.15, -0.1) is 0 Å². The summed E-state index contributed by atoms with van der Waals surface area (Å²) in [5.74, 6) is -1.000. The topological polar surface area (TPSA) is 65.5 Å². The van der Waals surface area contributed by atoms with Crippen LogP contribution < -0.4 is 5.32 Å². The second-order valence-electron chi connectivity index (χ2n) is 5.64. The van der Waals surface area contributed by atoms with Crippen LogP contribution in [-0.4, -0.2) is 46.6 Å². The number of rotatable bonds is 5. The molecular weight excluding hydrogens is 273 g/mol. The van der Waals surface area contributed by atoms with Crippen LogP contribution in [0.5, 0.6) is 0 Å². The van der Waals surface area contributed by atoms with Crippen LogP contribution in [0.3, 0.4) is 0 Å². The summed E-state index contributed by atoms with van der Waals surface area (Å²) in [6.45, 7) is 2.58. The number of amides is 1. The molecule has 0 radical (unpaired) electrons. The first-order chi connectivity index (χ1) is 9.97. The van der Waals surface area contributed by atoms with Crippen molar-refractivity contribution >= 4 is 11.7 Å². The SMILES string of the molecule is CCNc1nccc(C(=O)N(C)CC2(O)CCCC2)c1F. The Hall–Kier alpha value is -1.69. The fourth-order valence-corrected chi connectivity index (χ4v) is 2.81. The molecule has 6 heteroatoms. The van der Waals surface area contributed by atoms with Crippen LogP contribution in [0.25, 0.3) is 0 Å². The molecule has 0 aromatic carbocycles. The number of nitrogens with one attached hydrogen (secondary N) is 1. The lowest BCUT2D eigenvalue weighted by Crippen LogP contribution is -2.42. The van der Waals surface area contributed by atoms with Crippen LogP contribution in [0.2, 0.25) is 0 Å². The third-order valence-corrected chi connectivity index (χ3v) is 3.88. The van der Waals surface area contributed by atoms with Gasteiger partial charge in [0.2, 0.25) is 0 Å². The molecule has 0 unspecified atom stereocenters. The number of carbonyl (C=O) groups is 1. The van der Waals surface area contributed by atoms with Crippen LogP contribution >= 0.6 is 0 Å². The summed E-state index contributed by atoms with van der Waals surface area (Å²) < 4.78 is 14.2. The number of carbonyl (C=O) groups excluding carboxylic acids is 1. The minimum Gasteiger partial charge on any atom is -0.388 e. The predicted octanol–water partition coefficient (Wildman–Crippen LogP) is 2.03. The Morgan fingerprint density at radius 3 is 2.81 bits per heavy atom. The number of hydrogen-bond acceptors (Lipinski definition) is 4. The van der Waals surface area contributed by atoms with Gasteiger partial charge < -0.3 is 15.3 Å².